The Morgan fingerprint density at radius 3 is 2.78 bits per heavy atom. The topological polar surface area (TPSA) is 42.2 Å². The number of fused-ring (bicyclic) bond motifs is 1. The summed E-state index contributed by atoms with van der Waals surface area (Å²) in [7, 11) is 0. The second kappa shape index (κ2) is 4.43. The lowest BCUT2D eigenvalue weighted by atomic mass is 10.3. The Labute approximate surface area is 99.6 Å². The van der Waals surface area contributed by atoms with E-state index < -0.39 is 18.9 Å². The molecule has 8 heteroatoms. The van der Waals surface area contributed by atoms with Gasteiger partial charge < -0.3 is 5.32 Å². The molecule has 0 aliphatic heterocycles. The van der Waals surface area contributed by atoms with E-state index in [2.05, 4.69) is 15.4 Å². The minimum Gasteiger partial charge on any atom is -0.347 e. The maximum absolute atomic E-state index is 12.7. The molecule has 4 nitrogen and oxygen atoms in total. The number of anilines is 1. The van der Waals surface area contributed by atoms with Crippen molar-refractivity contribution >= 4 is 11.6 Å². The molecule has 2 aromatic rings. The highest BCUT2D eigenvalue weighted by molar-refractivity contribution is 5.44. The lowest BCUT2D eigenvalue weighted by Crippen LogP contribution is -2.35. The monoisotopic (exact) mass is 262 g/mol. The number of pyridine rings is 1. The third-order valence-electron chi connectivity index (χ3n) is 2.28. The third-order valence-corrected chi connectivity index (χ3v) is 2.28. The van der Waals surface area contributed by atoms with Crippen molar-refractivity contribution in [3.8, 4) is 0 Å². The van der Waals surface area contributed by atoms with Crippen molar-refractivity contribution in [2.45, 2.75) is 19.3 Å². The van der Waals surface area contributed by atoms with Crippen LogP contribution in [0.15, 0.2) is 18.3 Å². The zero-order valence-corrected chi connectivity index (χ0v) is 9.37. The summed E-state index contributed by atoms with van der Waals surface area (Å²) in [6, 6.07) is 3.43. The van der Waals surface area contributed by atoms with Gasteiger partial charge in [0.15, 0.2) is 5.65 Å². The SMILES string of the molecule is Cc1ccc2nc(NCC(F)(F)C(F)F)nn2c1. The standard InChI is InChI=1S/C10H10F4N4/c1-6-2-3-7-16-9(17-18(7)4-6)15-5-10(13,14)8(11)12/h2-4,8H,5H2,1H3,(H,15,17). The number of alkyl halides is 4. The Morgan fingerprint density at radius 1 is 1.39 bits per heavy atom. The van der Waals surface area contributed by atoms with E-state index >= 15 is 0 Å². The normalized spacial score (nSPS) is 12.3. The zero-order valence-electron chi connectivity index (χ0n) is 9.37. The van der Waals surface area contributed by atoms with Gasteiger partial charge in [0.05, 0.1) is 6.54 Å². The molecule has 0 atom stereocenters. The van der Waals surface area contributed by atoms with Gasteiger partial charge in [-0.2, -0.15) is 13.8 Å². The molecule has 0 fully saturated rings. The number of halogens is 4. The quantitative estimate of drug-likeness (QED) is 0.860. The maximum atomic E-state index is 12.7. The smallest absolute Gasteiger partial charge is 0.324 e. The highest BCUT2D eigenvalue weighted by atomic mass is 19.3. The summed E-state index contributed by atoms with van der Waals surface area (Å²) in [5.41, 5.74) is 1.36. The minimum absolute atomic E-state index is 0.110. The molecule has 98 valence electrons. The highest BCUT2D eigenvalue weighted by Crippen LogP contribution is 2.22. The van der Waals surface area contributed by atoms with Crippen molar-refractivity contribution in [1.29, 1.82) is 0 Å². The number of rotatable bonds is 4. The van der Waals surface area contributed by atoms with E-state index in [0.29, 0.717) is 5.65 Å². The van der Waals surface area contributed by atoms with E-state index in [1.54, 1.807) is 18.3 Å². The van der Waals surface area contributed by atoms with Crippen molar-refractivity contribution < 1.29 is 17.6 Å². The van der Waals surface area contributed by atoms with Crippen molar-refractivity contribution in [2.24, 2.45) is 0 Å². The fourth-order valence-electron chi connectivity index (χ4n) is 1.33. The van der Waals surface area contributed by atoms with Crippen LogP contribution in [0.25, 0.3) is 5.65 Å². The highest BCUT2D eigenvalue weighted by Gasteiger charge is 2.40. The first-order valence-corrected chi connectivity index (χ1v) is 5.11. The number of aryl methyl sites for hydroxylation is 1. The number of nitrogens with zero attached hydrogens (tertiary/aromatic N) is 3. The summed E-state index contributed by atoms with van der Waals surface area (Å²) in [5.74, 6) is -4.21. The summed E-state index contributed by atoms with van der Waals surface area (Å²) >= 11 is 0. The summed E-state index contributed by atoms with van der Waals surface area (Å²) in [5, 5.41) is 5.95. The number of aromatic nitrogens is 3. The van der Waals surface area contributed by atoms with Crippen molar-refractivity contribution in [2.75, 3.05) is 11.9 Å². The molecule has 0 saturated heterocycles. The Morgan fingerprint density at radius 2 is 2.11 bits per heavy atom. The van der Waals surface area contributed by atoms with Crippen LogP contribution in [0.2, 0.25) is 0 Å². The Kier molecular flexibility index (Phi) is 3.10. The lowest BCUT2D eigenvalue weighted by Gasteiger charge is -2.14. The van der Waals surface area contributed by atoms with Crippen LogP contribution in [0.4, 0.5) is 23.5 Å². The van der Waals surface area contributed by atoms with E-state index in [1.807, 2.05) is 6.92 Å². The fraction of sp³-hybridized carbons (Fsp3) is 0.400. The molecule has 0 amide bonds. The Hall–Kier alpha value is -1.86. The lowest BCUT2D eigenvalue weighted by molar-refractivity contribution is -0.117. The van der Waals surface area contributed by atoms with E-state index in [1.165, 1.54) is 4.52 Å². The van der Waals surface area contributed by atoms with E-state index in [4.69, 9.17) is 0 Å². The summed E-state index contributed by atoms with van der Waals surface area (Å²) < 4.78 is 50.6. The van der Waals surface area contributed by atoms with Gasteiger partial charge in [-0.1, -0.05) is 6.07 Å². The van der Waals surface area contributed by atoms with E-state index in [-0.39, 0.29) is 5.95 Å². The molecule has 2 heterocycles. The van der Waals surface area contributed by atoms with Gasteiger partial charge >= 0.3 is 12.3 Å². The van der Waals surface area contributed by atoms with E-state index in [9.17, 15) is 17.6 Å². The van der Waals surface area contributed by atoms with Crippen LogP contribution < -0.4 is 5.32 Å². The first-order valence-electron chi connectivity index (χ1n) is 5.11. The van der Waals surface area contributed by atoms with Gasteiger partial charge in [-0.05, 0) is 18.6 Å². The average molecular weight is 262 g/mol. The first-order chi connectivity index (χ1) is 8.38. The van der Waals surface area contributed by atoms with Crippen molar-refractivity contribution in [1.82, 2.24) is 14.6 Å². The maximum Gasteiger partial charge on any atom is 0.324 e. The number of hydrogen-bond acceptors (Lipinski definition) is 3. The average Bonchev–Trinajstić information content (AvgIpc) is 2.68. The number of nitrogens with one attached hydrogen (secondary N) is 1. The van der Waals surface area contributed by atoms with Gasteiger partial charge in [0.2, 0.25) is 5.95 Å². The summed E-state index contributed by atoms with van der Waals surface area (Å²) in [6.07, 6.45) is -2.07. The van der Waals surface area contributed by atoms with Crippen molar-refractivity contribution in [3.05, 3.63) is 23.9 Å². The Bertz CT molecular complexity index is 552. The van der Waals surface area contributed by atoms with Gasteiger partial charge in [-0.3, -0.25) is 0 Å². The molecule has 0 aliphatic carbocycles. The molecule has 0 aromatic carbocycles. The van der Waals surface area contributed by atoms with Crippen LogP contribution in [0, 0.1) is 6.92 Å². The fourth-order valence-corrected chi connectivity index (χ4v) is 1.33. The zero-order chi connectivity index (χ0) is 13.3. The molecule has 2 rings (SSSR count). The molecule has 0 aliphatic rings. The molecule has 0 bridgehead atoms. The molecular formula is C10H10F4N4. The second-order valence-corrected chi connectivity index (χ2v) is 3.86. The summed E-state index contributed by atoms with van der Waals surface area (Å²) in [4.78, 5) is 3.88. The van der Waals surface area contributed by atoms with Crippen LogP contribution in [0.5, 0.6) is 0 Å². The molecule has 0 unspecified atom stereocenters. The third kappa shape index (κ3) is 2.52. The van der Waals surface area contributed by atoms with E-state index in [0.717, 1.165) is 5.56 Å². The van der Waals surface area contributed by atoms with Gasteiger partial charge in [0, 0.05) is 6.20 Å². The van der Waals surface area contributed by atoms with Gasteiger partial charge in [-0.25, -0.2) is 13.3 Å². The molecule has 18 heavy (non-hydrogen) atoms. The minimum atomic E-state index is -4.10. The van der Waals surface area contributed by atoms with Crippen LogP contribution in [0.3, 0.4) is 0 Å². The van der Waals surface area contributed by atoms with Crippen molar-refractivity contribution in [3.63, 3.8) is 0 Å². The van der Waals surface area contributed by atoms with Crippen LogP contribution in [0.1, 0.15) is 5.56 Å². The van der Waals surface area contributed by atoms with Gasteiger partial charge in [0.25, 0.3) is 0 Å². The van der Waals surface area contributed by atoms with Crippen LogP contribution in [-0.4, -0.2) is 33.5 Å². The summed E-state index contributed by atoms with van der Waals surface area (Å²) in [6.45, 7) is 0.625. The predicted molar refractivity (Wildman–Crippen MR) is 57.2 cm³/mol. The predicted octanol–water partition coefficient (Wildman–Crippen LogP) is 2.35. The molecule has 0 saturated carbocycles. The first kappa shape index (κ1) is 12.6. The molecule has 1 N–H and O–H groups in total. The largest absolute Gasteiger partial charge is 0.347 e. The van der Waals surface area contributed by atoms with Gasteiger partial charge in [0.1, 0.15) is 0 Å². The molecule has 2 aromatic heterocycles. The molecule has 0 radical (unpaired) electrons. The number of hydrogen-bond donors (Lipinski definition) is 1. The van der Waals surface area contributed by atoms with Crippen LogP contribution >= 0.6 is 0 Å². The molecule has 0 spiro atoms. The second-order valence-electron chi connectivity index (χ2n) is 3.86. The molecular weight excluding hydrogens is 252 g/mol. The van der Waals surface area contributed by atoms with Crippen LogP contribution in [-0.2, 0) is 0 Å². The van der Waals surface area contributed by atoms with Gasteiger partial charge in [-0.15, -0.1) is 5.10 Å². The Balaban J connectivity index is 2.13.